The Hall–Kier alpha value is -0.860. The molecule has 20 heavy (non-hydrogen) atoms. The largest absolute Gasteiger partial charge is 0.378 e. The molecule has 1 heterocycles. The molecule has 0 amide bonds. The van der Waals surface area contributed by atoms with Crippen molar-refractivity contribution < 1.29 is 4.74 Å². The van der Waals surface area contributed by atoms with Crippen molar-refractivity contribution >= 4 is 0 Å². The molecule has 2 heteroatoms. The van der Waals surface area contributed by atoms with Crippen molar-refractivity contribution in [2.75, 3.05) is 13.2 Å². The lowest BCUT2D eigenvalue weighted by Crippen LogP contribution is -2.36. The van der Waals surface area contributed by atoms with E-state index in [1.807, 2.05) is 0 Å². The van der Waals surface area contributed by atoms with E-state index >= 15 is 0 Å². The second-order valence-electron chi connectivity index (χ2n) is 6.36. The molecule has 3 rings (SSSR count). The van der Waals surface area contributed by atoms with Gasteiger partial charge in [-0.3, -0.25) is 0 Å². The molecule has 0 bridgehead atoms. The molecule has 1 aliphatic carbocycles. The summed E-state index contributed by atoms with van der Waals surface area (Å²) in [5.74, 6) is 0.766. The quantitative estimate of drug-likeness (QED) is 0.818. The Bertz CT molecular complexity index is 425. The number of ether oxygens (including phenoxy) is 1. The Kier molecular flexibility index (Phi) is 4.74. The maximum absolute atomic E-state index is 5.83. The fraction of sp³-hybridized carbons (Fsp3) is 0.667. The third kappa shape index (κ3) is 3.24. The van der Waals surface area contributed by atoms with Crippen molar-refractivity contribution in [3.8, 4) is 0 Å². The van der Waals surface area contributed by atoms with Gasteiger partial charge in [0.05, 0.1) is 6.10 Å². The topological polar surface area (TPSA) is 21.3 Å². The van der Waals surface area contributed by atoms with Gasteiger partial charge in [-0.05, 0) is 62.1 Å². The maximum atomic E-state index is 5.83. The van der Waals surface area contributed by atoms with E-state index in [1.54, 1.807) is 11.1 Å². The first-order chi connectivity index (χ1) is 9.86. The van der Waals surface area contributed by atoms with Crippen molar-refractivity contribution in [1.29, 1.82) is 0 Å². The van der Waals surface area contributed by atoms with Crippen LogP contribution in [0.5, 0.6) is 0 Å². The standard InChI is InChI=1S/C18H27NO/c1-2-9-19-16(13-17-7-5-10-20-17)12-15-11-14-6-3-4-8-18(14)15/h3-4,6,8,15-17,19H,2,5,7,9-13H2,1H3. The molecule has 1 N–H and O–H groups in total. The summed E-state index contributed by atoms with van der Waals surface area (Å²) in [4.78, 5) is 0. The normalized spacial score (nSPS) is 26.1. The molecule has 2 nitrogen and oxygen atoms in total. The number of benzene rings is 1. The van der Waals surface area contributed by atoms with Crippen LogP contribution in [0.3, 0.4) is 0 Å². The van der Waals surface area contributed by atoms with E-state index in [2.05, 4.69) is 36.5 Å². The molecular weight excluding hydrogens is 246 g/mol. The number of nitrogens with one attached hydrogen (secondary N) is 1. The van der Waals surface area contributed by atoms with Crippen LogP contribution in [0.1, 0.15) is 56.1 Å². The molecule has 1 fully saturated rings. The van der Waals surface area contributed by atoms with Crippen LogP contribution in [0.2, 0.25) is 0 Å². The SMILES string of the molecule is CCCNC(CC1CCCO1)CC1Cc2ccccc21. The zero-order chi connectivity index (χ0) is 13.8. The number of hydrogen-bond acceptors (Lipinski definition) is 2. The molecule has 1 saturated heterocycles. The van der Waals surface area contributed by atoms with Gasteiger partial charge in [-0.25, -0.2) is 0 Å². The van der Waals surface area contributed by atoms with E-state index in [1.165, 1.54) is 38.5 Å². The molecule has 110 valence electrons. The second-order valence-corrected chi connectivity index (χ2v) is 6.36. The van der Waals surface area contributed by atoms with E-state index in [-0.39, 0.29) is 0 Å². The van der Waals surface area contributed by atoms with Crippen LogP contribution in [-0.2, 0) is 11.2 Å². The molecule has 1 aromatic rings. The van der Waals surface area contributed by atoms with E-state index < -0.39 is 0 Å². The summed E-state index contributed by atoms with van der Waals surface area (Å²) < 4.78 is 5.83. The molecule has 0 radical (unpaired) electrons. The second kappa shape index (κ2) is 6.73. The fourth-order valence-corrected chi connectivity index (χ4v) is 3.68. The van der Waals surface area contributed by atoms with E-state index in [4.69, 9.17) is 4.74 Å². The summed E-state index contributed by atoms with van der Waals surface area (Å²) in [5, 5.41) is 3.75. The van der Waals surface area contributed by atoms with Crippen LogP contribution in [0.25, 0.3) is 0 Å². The lowest BCUT2D eigenvalue weighted by Gasteiger charge is -2.34. The summed E-state index contributed by atoms with van der Waals surface area (Å²) in [7, 11) is 0. The minimum Gasteiger partial charge on any atom is -0.378 e. The molecule has 0 spiro atoms. The molecule has 3 unspecified atom stereocenters. The predicted octanol–water partition coefficient (Wildman–Crippen LogP) is 3.65. The van der Waals surface area contributed by atoms with Crippen molar-refractivity contribution in [2.45, 2.75) is 63.5 Å². The van der Waals surface area contributed by atoms with Crippen molar-refractivity contribution in [1.82, 2.24) is 5.32 Å². The van der Waals surface area contributed by atoms with Gasteiger partial charge in [0, 0.05) is 12.6 Å². The fourth-order valence-electron chi connectivity index (χ4n) is 3.68. The Morgan fingerprint density at radius 1 is 1.30 bits per heavy atom. The average Bonchev–Trinajstić information content (AvgIpc) is 2.94. The van der Waals surface area contributed by atoms with Crippen LogP contribution in [-0.4, -0.2) is 25.3 Å². The van der Waals surface area contributed by atoms with Gasteiger partial charge in [0.1, 0.15) is 0 Å². The highest BCUT2D eigenvalue weighted by molar-refractivity contribution is 5.39. The van der Waals surface area contributed by atoms with Crippen LogP contribution >= 0.6 is 0 Å². The third-order valence-corrected chi connectivity index (χ3v) is 4.78. The van der Waals surface area contributed by atoms with Gasteiger partial charge in [0.2, 0.25) is 0 Å². The Balaban J connectivity index is 1.56. The maximum Gasteiger partial charge on any atom is 0.0590 e. The molecule has 1 aliphatic heterocycles. The Morgan fingerprint density at radius 2 is 2.20 bits per heavy atom. The number of hydrogen-bond donors (Lipinski definition) is 1. The van der Waals surface area contributed by atoms with E-state index in [0.717, 1.165) is 19.1 Å². The summed E-state index contributed by atoms with van der Waals surface area (Å²) in [6.45, 7) is 4.35. The lowest BCUT2D eigenvalue weighted by atomic mass is 9.74. The zero-order valence-corrected chi connectivity index (χ0v) is 12.6. The van der Waals surface area contributed by atoms with Gasteiger partial charge in [0.25, 0.3) is 0 Å². The Morgan fingerprint density at radius 3 is 2.95 bits per heavy atom. The summed E-state index contributed by atoms with van der Waals surface area (Å²) in [6, 6.07) is 9.55. The van der Waals surface area contributed by atoms with E-state index in [9.17, 15) is 0 Å². The monoisotopic (exact) mass is 273 g/mol. The molecule has 2 aliphatic rings. The third-order valence-electron chi connectivity index (χ3n) is 4.78. The van der Waals surface area contributed by atoms with Crippen LogP contribution in [0, 0.1) is 0 Å². The highest BCUT2D eigenvalue weighted by atomic mass is 16.5. The summed E-state index contributed by atoms with van der Waals surface area (Å²) in [5.41, 5.74) is 3.15. The van der Waals surface area contributed by atoms with Crippen molar-refractivity contribution in [3.63, 3.8) is 0 Å². The van der Waals surface area contributed by atoms with Crippen molar-refractivity contribution in [3.05, 3.63) is 35.4 Å². The zero-order valence-electron chi connectivity index (χ0n) is 12.6. The number of rotatable bonds is 7. The van der Waals surface area contributed by atoms with Gasteiger partial charge >= 0.3 is 0 Å². The van der Waals surface area contributed by atoms with Crippen LogP contribution in [0.4, 0.5) is 0 Å². The van der Waals surface area contributed by atoms with Crippen LogP contribution in [0.15, 0.2) is 24.3 Å². The highest BCUT2D eigenvalue weighted by Gasteiger charge is 2.29. The highest BCUT2D eigenvalue weighted by Crippen LogP contribution is 2.38. The minimum absolute atomic E-state index is 0.500. The molecule has 0 saturated carbocycles. The molecule has 3 atom stereocenters. The molecule has 1 aromatic carbocycles. The Labute approximate surface area is 122 Å². The molecule has 0 aromatic heterocycles. The first kappa shape index (κ1) is 14.1. The first-order valence-electron chi connectivity index (χ1n) is 8.29. The smallest absolute Gasteiger partial charge is 0.0590 e. The van der Waals surface area contributed by atoms with Gasteiger partial charge in [-0.1, -0.05) is 31.2 Å². The minimum atomic E-state index is 0.500. The average molecular weight is 273 g/mol. The predicted molar refractivity (Wildman–Crippen MR) is 83.2 cm³/mol. The van der Waals surface area contributed by atoms with Gasteiger partial charge < -0.3 is 10.1 Å². The summed E-state index contributed by atoms with van der Waals surface area (Å²) >= 11 is 0. The molecular formula is C18H27NO. The van der Waals surface area contributed by atoms with Gasteiger partial charge in [-0.2, -0.15) is 0 Å². The van der Waals surface area contributed by atoms with Crippen molar-refractivity contribution in [2.24, 2.45) is 0 Å². The number of fused-ring (bicyclic) bond motifs is 1. The van der Waals surface area contributed by atoms with Gasteiger partial charge in [-0.15, -0.1) is 0 Å². The van der Waals surface area contributed by atoms with Gasteiger partial charge in [0.15, 0.2) is 0 Å². The van der Waals surface area contributed by atoms with Crippen LogP contribution < -0.4 is 5.32 Å². The lowest BCUT2D eigenvalue weighted by molar-refractivity contribution is 0.0924. The summed E-state index contributed by atoms with van der Waals surface area (Å²) in [6.07, 6.45) is 7.95. The van der Waals surface area contributed by atoms with E-state index in [0.29, 0.717) is 12.1 Å². The first-order valence-corrected chi connectivity index (χ1v) is 8.29.